The summed E-state index contributed by atoms with van der Waals surface area (Å²) in [4.78, 5) is 28.3. The number of imide groups is 1. The van der Waals surface area contributed by atoms with Crippen LogP contribution >= 0.6 is 11.6 Å². The number of rotatable bonds is 3. The molecule has 2 heterocycles. The molecule has 1 aromatic rings. The molecule has 0 spiro atoms. The van der Waals surface area contributed by atoms with Crippen LogP contribution in [0.25, 0.3) is 0 Å². The second-order valence-electron chi connectivity index (χ2n) is 3.64. The molecule has 0 saturated carbocycles. The summed E-state index contributed by atoms with van der Waals surface area (Å²) in [5, 5.41) is 0.362. The smallest absolute Gasteiger partial charge is 0.255 e. The highest BCUT2D eigenvalue weighted by atomic mass is 35.5. The Labute approximate surface area is 108 Å². The highest BCUT2D eigenvalue weighted by molar-refractivity contribution is 6.31. The molecule has 1 aliphatic heterocycles. The zero-order valence-electron chi connectivity index (χ0n) is 9.35. The van der Waals surface area contributed by atoms with Crippen LogP contribution in [0.15, 0.2) is 12.1 Å². The predicted molar refractivity (Wildman–Crippen MR) is 63.4 cm³/mol. The van der Waals surface area contributed by atoms with E-state index in [1.807, 2.05) is 0 Å². The number of nitrogen functional groups attached to an aromatic ring is 1. The van der Waals surface area contributed by atoms with Crippen molar-refractivity contribution >= 4 is 29.2 Å². The number of hydrazine groups is 1. The Morgan fingerprint density at radius 1 is 1.39 bits per heavy atom. The van der Waals surface area contributed by atoms with Crippen LogP contribution in [0.5, 0.6) is 0 Å². The van der Waals surface area contributed by atoms with Crippen molar-refractivity contribution in [2.75, 3.05) is 18.6 Å². The van der Waals surface area contributed by atoms with Gasteiger partial charge in [0.2, 0.25) is 0 Å². The number of amides is 2. The molecule has 2 amide bonds. The van der Waals surface area contributed by atoms with E-state index in [9.17, 15) is 9.59 Å². The van der Waals surface area contributed by atoms with Gasteiger partial charge in [-0.15, -0.1) is 0 Å². The fourth-order valence-electron chi connectivity index (χ4n) is 1.52. The molecular weight excluding hydrogens is 260 g/mol. The molecule has 7 nitrogen and oxygen atoms in total. The van der Waals surface area contributed by atoms with Gasteiger partial charge in [0, 0.05) is 0 Å². The van der Waals surface area contributed by atoms with Crippen molar-refractivity contribution in [3.8, 4) is 0 Å². The molecule has 0 unspecified atom stereocenters. The van der Waals surface area contributed by atoms with E-state index < -0.39 is 11.8 Å². The number of hydrogen-bond acceptors (Lipinski definition) is 6. The van der Waals surface area contributed by atoms with Crippen molar-refractivity contribution in [2.24, 2.45) is 5.84 Å². The van der Waals surface area contributed by atoms with Crippen molar-refractivity contribution in [2.45, 2.75) is 6.54 Å². The van der Waals surface area contributed by atoms with Crippen molar-refractivity contribution in [1.29, 1.82) is 0 Å². The first kappa shape index (κ1) is 12.7. The summed E-state index contributed by atoms with van der Waals surface area (Å²) in [5.41, 5.74) is 2.77. The van der Waals surface area contributed by atoms with E-state index in [0.717, 1.165) is 4.90 Å². The van der Waals surface area contributed by atoms with E-state index in [0.29, 0.717) is 16.5 Å². The Morgan fingerprint density at radius 3 is 2.67 bits per heavy atom. The lowest BCUT2D eigenvalue weighted by atomic mass is 10.3. The van der Waals surface area contributed by atoms with E-state index in [2.05, 4.69) is 10.4 Å². The number of aromatic nitrogens is 1. The van der Waals surface area contributed by atoms with Gasteiger partial charge >= 0.3 is 0 Å². The third-order valence-electron chi connectivity index (χ3n) is 2.43. The summed E-state index contributed by atoms with van der Waals surface area (Å²) >= 11 is 5.96. The third-order valence-corrected chi connectivity index (χ3v) is 2.77. The van der Waals surface area contributed by atoms with Gasteiger partial charge in [-0.1, -0.05) is 11.6 Å². The Hall–Kier alpha value is -1.70. The van der Waals surface area contributed by atoms with Gasteiger partial charge in [0.05, 0.1) is 17.3 Å². The standard InChI is InChI=1S/C10H11ClN4O3/c11-6-1-2-8(14-12)13-7(6)3-15-9(16)4-18-5-10(15)17/h1-2H,3-5,12H2,(H,13,14). The van der Waals surface area contributed by atoms with Crippen molar-refractivity contribution in [3.05, 3.63) is 22.8 Å². The SMILES string of the molecule is NNc1ccc(Cl)c(CN2C(=O)COCC2=O)n1. The van der Waals surface area contributed by atoms with Crippen LogP contribution in [0.1, 0.15) is 5.69 Å². The predicted octanol–water partition coefficient (Wildman–Crippen LogP) is -0.0940. The molecular formula is C10H11ClN4O3. The molecule has 0 atom stereocenters. The maximum Gasteiger partial charge on any atom is 0.255 e. The zero-order chi connectivity index (χ0) is 13.1. The molecule has 0 aromatic carbocycles. The molecule has 1 saturated heterocycles. The van der Waals surface area contributed by atoms with Gasteiger partial charge in [-0.05, 0) is 12.1 Å². The number of anilines is 1. The second-order valence-corrected chi connectivity index (χ2v) is 4.04. The van der Waals surface area contributed by atoms with Gasteiger partial charge in [-0.3, -0.25) is 14.5 Å². The summed E-state index contributed by atoms with van der Waals surface area (Å²) in [6.45, 7) is -0.217. The van der Waals surface area contributed by atoms with E-state index in [1.54, 1.807) is 12.1 Å². The Kier molecular flexibility index (Phi) is 3.75. The first-order valence-corrected chi connectivity index (χ1v) is 5.52. The largest absolute Gasteiger partial charge is 0.362 e. The third kappa shape index (κ3) is 2.58. The Morgan fingerprint density at radius 2 is 2.06 bits per heavy atom. The summed E-state index contributed by atoms with van der Waals surface area (Å²) in [7, 11) is 0. The molecule has 1 aliphatic rings. The summed E-state index contributed by atoms with van der Waals surface area (Å²) in [5.74, 6) is 4.82. The van der Waals surface area contributed by atoms with Gasteiger partial charge in [-0.25, -0.2) is 10.8 Å². The van der Waals surface area contributed by atoms with Gasteiger partial charge in [0.1, 0.15) is 19.0 Å². The maximum atomic E-state index is 11.5. The minimum atomic E-state index is -0.407. The van der Waals surface area contributed by atoms with Crippen LogP contribution in [-0.4, -0.2) is 34.9 Å². The lowest BCUT2D eigenvalue weighted by Gasteiger charge is -2.24. The monoisotopic (exact) mass is 270 g/mol. The quantitative estimate of drug-likeness (QED) is 0.452. The molecule has 18 heavy (non-hydrogen) atoms. The number of nitrogens with two attached hydrogens (primary N) is 1. The summed E-state index contributed by atoms with van der Waals surface area (Å²) < 4.78 is 4.81. The molecule has 8 heteroatoms. The highest BCUT2D eigenvalue weighted by Gasteiger charge is 2.27. The topological polar surface area (TPSA) is 97.5 Å². The van der Waals surface area contributed by atoms with E-state index in [1.165, 1.54) is 0 Å². The molecule has 3 N–H and O–H groups in total. The number of nitrogens with zero attached hydrogens (tertiary/aromatic N) is 2. The number of morpholine rings is 1. The lowest BCUT2D eigenvalue weighted by Crippen LogP contribution is -2.45. The summed E-state index contributed by atoms with van der Waals surface area (Å²) in [6.07, 6.45) is 0. The fourth-order valence-corrected chi connectivity index (χ4v) is 1.69. The van der Waals surface area contributed by atoms with Crippen molar-refractivity contribution < 1.29 is 14.3 Å². The van der Waals surface area contributed by atoms with Crippen LogP contribution in [0.2, 0.25) is 5.02 Å². The Balaban J connectivity index is 2.22. The van der Waals surface area contributed by atoms with E-state index in [-0.39, 0.29) is 19.8 Å². The fraction of sp³-hybridized carbons (Fsp3) is 0.300. The number of hydrogen-bond donors (Lipinski definition) is 2. The van der Waals surface area contributed by atoms with Crippen LogP contribution < -0.4 is 11.3 Å². The van der Waals surface area contributed by atoms with Crippen LogP contribution in [0.4, 0.5) is 5.82 Å². The molecule has 0 radical (unpaired) electrons. The van der Waals surface area contributed by atoms with Crippen molar-refractivity contribution in [3.63, 3.8) is 0 Å². The normalized spacial score (nSPS) is 16.0. The molecule has 2 rings (SSSR count). The lowest BCUT2D eigenvalue weighted by molar-refractivity contribution is -0.159. The van der Waals surface area contributed by atoms with E-state index >= 15 is 0 Å². The minimum Gasteiger partial charge on any atom is -0.362 e. The molecule has 0 aliphatic carbocycles. The summed E-state index contributed by atoms with van der Waals surface area (Å²) in [6, 6.07) is 3.18. The first-order chi connectivity index (χ1) is 8.61. The van der Waals surface area contributed by atoms with Crippen molar-refractivity contribution in [1.82, 2.24) is 9.88 Å². The van der Waals surface area contributed by atoms with Crippen LogP contribution in [0.3, 0.4) is 0 Å². The highest BCUT2D eigenvalue weighted by Crippen LogP contribution is 2.19. The molecule has 1 aromatic heterocycles. The van der Waals surface area contributed by atoms with E-state index in [4.69, 9.17) is 22.2 Å². The Bertz CT molecular complexity index is 478. The number of carbonyl (C=O) groups excluding carboxylic acids is 2. The second kappa shape index (κ2) is 5.30. The van der Waals surface area contributed by atoms with Crippen LogP contribution in [-0.2, 0) is 20.9 Å². The van der Waals surface area contributed by atoms with Gasteiger partial charge in [0.15, 0.2) is 0 Å². The number of nitrogens with one attached hydrogen (secondary N) is 1. The number of pyridine rings is 1. The van der Waals surface area contributed by atoms with Gasteiger partial charge in [-0.2, -0.15) is 0 Å². The molecule has 1 fully saturated rings. The number of halogens is 1. The first-order valence-electron chi connectivity index (χ1n) is 5.15. The average Bonchev–Trinajstić information content (AvgIpc) is 2.36. The minimum absolute atomic E-state index is 0.00931. The molecule has 96 valence electrons. The number of ether oxygens (including phenoxy) is 1. The zero-order valence-corrected chi connectivity index (χ0v) is 10.1. The maximum absolute atomic E-state index is 11.5. The number of carbonyl (C=O) groups is 2. The molecule has 0 bridgehead atoms. The van der Waals surface area contributed by atoms with Gasteiger partial charge < -0.3 is 10.2 Å². The average molecular weight is 271 g/mol. The van der Waals surface area contributed by atoms with Crippen LogP contribution in [0, 0.1) is 0 Å². The van der Waals surface area contributed by atoms with Gasteiger partial charge in [0.25, 0.3) is 11.8 Å².